The van der Waals surface area contributed by atoms with Gasteiger partial charge in [-0.1, -0.05) is 29.8 Å². The van der Waals surface area contributed by atoms with Crippen molar-refractivity contribution in [3.8, 4) is 5.75 Å². The molecule has 0 saturated carbocycles. The minimum atomic E-state index is -1.20. The van der Waals surface area contributed by atoms with Crippen LogP contribution in [0.25, 0.3) is 0 Å². The molecule has 2 aromatic rings. The molecule has 31 heavy (non-hydrogen) atoms. The van der Waals surface area contributed by atoms with Gasteiger partial charge in [-0.2, -0.15) is 0 Å². The minimum Gasteiger partial charge on any atom is -0.494 e. The maximum absolute atomic E-state index is 12.9. The fourth-order valence-corrected chi connectivity index (χ4v) is 3.33. The number of carbonyl (C=O) groups is 3. The topological polar surface area (TPSA) is 79.0 Å². The molecule has 0 aliphatic carbocycles. The van der Waals surface area contributed by atoms with Crippen LogP contribution in [0.2, 0.25) is 0 Å². The first-order chi connectivity index (χ1) is 14.7. The van der Waals surface area contributed by atoms with E-state index in [4.69, 9.17) is 4.74 Å². The van der Waals surface area contributed by atoms with Gasteiger partial charge in [0, 0.05) is 13.6 Å². The molecule has 1 aliphatic rings. The number of benzene rings is 2. The Morgan fingerprint density at radius 2 is 1.77 bits per heavy atom. The highest BCUT2D eigenvalue weighted by molar-refractivity contribution is 6.09. The molecule has 1 atom stereocenters. The Hall–Kier alpha value is -3.42. The minimum absolute atomic E-state index is 0.332. The lowest BCUT2D eigenvalue weighted by atomic mass is 9.91. The number of nitrogens with zero attached hydrogens (tertiary/aromatic N) is 2. The van der Waals surface area contributed by atoms with Crippen LogP contribution in [0, 0.1) is 12.7 Å². The van der Waals surface area contributed by atoms with E-state index in [1.54, 1.807) is 26.1 Å². The summed E-state index contributed by atoms with van der Waals surface area (Å²) in [5, 5.41) is 2.70. The molecule has 2 aromatic carbocycles. The van der Waals surface area contributed by atoms with Gasteiger partial charge in [0.25, 0.3) is 5.91 Å². The van der Waals surface area contributed by atoms with E-state index in [1.807, 2.05) is 19.1 Å². The molecular weight excluding hydrogens is 401 g/mol. The molecule has 1 fully saturated rings. The highest BCUT2D eigenvalue weighted by Gasteiger charge is 2.49. The number of nitrogens with one attached hydrogen (secondary N) is 1. The third-order valence-corrected chi connectivity index (χ3v) is 5.34. The summed E-state index contributed by atoms with van der Waals surface area (Å²) in [6, 6.07) is 12.4. The van der Waals surface area contributed by atoms with E-state index in [9.17, 15) is 18.8 Å². The van der Waals surface area contributed by atoms with E-state index in [2.05, 4.69) is 5.32 Å². The van der Waals surface area contributed by atoms with Gasteiger partial charge < -0.3 is 15.0 Å². The third kappa shape index (κ3) is 5.02. The van der Waals surface area contributed by atoms with Gasteiger partial charge in [-0.15, -0.1) is 0 Å². The summed E-state index contributed by atoms with van der Waals surface area (Å²) >= 11 is 0. The average molecular weight is 427 g/mol. The summed E-state index contributed by atoms with van der Waals surface area (Å²) in [6.07, 6.45) is 0.543. The van der Waals surface area contributed by atoms with Gasteiger partial charge in [0.2, 0.25) is 5.91 Å². The molecule has 164 valence electrons. The zero-order chi connectivity index (χ0) is 22.6. The van der Waals surface area contributed by atoms with Crippen LogP contribution in [0.5, 0.6) is 5.75 Å². The van der Waals surface area contributed by atoms with Gasteiger partial charge in [-0.05, 0) is 50.1 Å². The number of rotatable bonds is 8. The molecule has 0 bridgehead atoms. The third-order valence-electron chi connectivity index (χ3n) is 5.34. The van der Waals surface area contributed by atoms with Crippen molar-refractivity contribution >= 4 is 17.8 Å². The molecular formula is C23H26FN3O4. The molecule has 8 heteroatoms. The lowest BCUT2D eigenvalue weighted by Crippen LogP contribution is -2.44. The number of imide groups is 1. The fraction of sp³-hybridized carbons (Fsp3) is 0.348. The Kier molecular flexibility index (Phi) is 6.58. The van der Waals surface area contributed by atoms with Gasteiger partial charge in [0.15, 0.2) is 0 Å². The number of urea groups is 1. The van der Waals surface area contributed by atoms with Crippen LogP contribution in [0.1, 0.15) is 24.5 Å². The zero-order valence-corrected chi connectivity index (χ0v) is 17.9. The molecule has 4 amide bonds. The lowest BCUT2D eigenvalue weighted by molar-refractivity contribution is -0.138. The molecule has 1 N–H and O–H groups in total. The van der Waals surface area contributed by atoms with Gasteiger partial charge in [0.1, 0.15) is 23.7 Å². The van der Waals surface area contributed by atoms with Crippen molar-refractivity contribution < 1.29 is 23.5 Å². The van der Waals surface area contributed by atoms with Gasteiger partial charge >= 0.3 is 6.03 Å². The molecule has 0 spiro atoms. The summed E-state index contributed by atoms with van der Waals surface area (Å²) < 4.78 is 18.4. The Morgan fingerprint density at radius 1 is 1.13 bits per heavy atom. The highest BCUT2D eigenvalue weighted by Crippen LogP contribution is 2.29. The van der Waals surface area contributed by atoms with Crippen LogP contribution in [0.4, 0.5) is 9.18 Å². The largest absolute Gasteiger partial charge is 0.494 e. The predicted octanol–water partition coefficient (Wildman–Crippen LogP) is 2.83. The highest BCUT2D eigenvalue weighted by atomic mass is 19.1. The number of hydrogen-bond acceptors (Lipinski definition) is 4. The van der Waals surface area contributed by atoms with E-state index in [0.717, 1.165) is 10.5 Å². The number of halogens is 1. The second-order valence-electron chi connectivity index (χ2n) is 7.78. The van der Waals surface area contributed by atoms with E-state index in [0.29, 0.717) is 30.9 Å². The number of carbonyl (C=O) groups excluding carboxylic acids is 3. The van der Waals surface area contributed by atoms with Crippen molar-refractivity contribution in [1.29, 1.82) is 0 Å². The van der Waals surface area contributed by atoms with Gasteiger partial charge in [-0.25, -0.2) is 9.18 Å². The number of hydrogen-bond donors (Lipinski definition) is 1. The van der Waals surface area contributed by atoms with E-state index < -0.39 is 17.5 Å². The average Bonchev–Trinajstić information content (AvgIpc) is 2.96. The fourth-order valence-electron chi connectivity index (χ4n) is 3.33. The first kappa shape index (κ1) is 22.3. The van der Waals surface area contributed by atoms with Crippen molar-refractivity contribution in [3.63, 3.8) is 0 Å². The summed E-state index contributed by atoms with van der Waals surface area (Å²) in [4.78, 5) is 40.3. The molecule has 0 radical (unpaired) electrons. The molecule has 3 rings (SSSR count). The van der Waals surface area contributed by atoms with Crippen molar-refractivity contribution in [3.05, 3.63) is 65.5 Å². The number of aryl methyl sites for hydroxylation is 1. The second-order valence-corrected chi connectivity index (χ2v) is 7.78. The summed E-state index contributed by atoms with van der Waals surface area (Å²) in [6.45, 7) is 3.98. The Bertz CT molecular complexity index is 962. The second kappa shape index (κ2) is 9.16. The Morgan fingerprint density at radius 3 is 2.42 bits per heavy atom. The first-order valence-corrected chi connectivity index (χ1v) is 10.0. The predicted molar refractivity (Wildman–Crippen MR) is 113 cm³/mol. The van der Waals surface area contributed by atoms with Crippen molar-refractivity contribution in [1.82, 2.24) is 15.1 Å². The smallest absolute Gasteiger partial charge is 0.325 e. The molecule has 0 aromatic heterocycles. The monoisotopic (exact) mass is 427 g/mol. The summed E-state index contributed by atoms with van der Waals surface area (Å²) in [5.74, 6) is -0.594. The molecule has 7 nitrogen and oxygen atoms in total. The molecule has 1 unspecified atom stereocenters. The number of ether oxygens (including phenoxy) is 1. The van der Waals surface area contributed by atoms with Crippen LogP contribution in [-0.4, -0.2) is 54.4 Å². The Balaban J connectivity index is 1.51. The number of amides is 4. The molecule has 1 heterocycles. The van der Waals surface area contributed by atoms with E-state index in [-0.39, 0.29) is 18.3 Å². The van der Waals surface area contributed by atoms with E-state index >= 15 is 0 Å². The van der Waals surface area contributed by atoms with Crippen LogP contribution in [-0.2, 0) is 15.1 Å². The summed E-state index contributed by atoms with van der Waals surface area (Å²) in [5.41, 5.74) is 0.506. The SMILES string of the molecule is Cc1ccc(C2(C)NC(=O)N(CC(=O)N(C)CCCOc3ccc(F)cc3)C2=O)cc1. The van der Waals surface area contributed by atoms with Crippen LogP contribution < -0.4 is 10.1 Å². The van der Waals surface area contributed by atoms with Crippen molar-refractivity contribution in [2.45, 2.75) is 25.8 Å². The molecule has 1 aliphatic heterocycles. The zero-order valence-electron chi connectivity index (χ0n) is 17.9. The standard InChI is InChI=1S/C23H26FN3O4/c1-16-5-7-17(8-6-16)23(2)21(29)27(22(30)25-23)15-20(28)26(3)13-4-14-31-19-11-9-18(24)10-12-19/h5-12H,4,13-15H2,1-3H3,(H,25,30). The normalized spacial score (nSPS) is 18.1. The van der Waals surface area contributed by atoms with Crippen LogP contribution >= 0.6 is 0 Å². The summed E-state index contributed by atoms with van der Waals surface area (Å²) in [7, 11) is 1.61. The van der Waals surface area contributed by atoms with Crippen LogP contribution in [0.3, 0.4) is 0 Å². The van der Waals surface area contributed by atoms with Crippen molar-refractivity contribution in [2.24, 2.45) is 0 Å². The van der Waals surface area contributed by atoms with Gasteiger partial charge in [0.05, 0.1) is 6.61 Å². The lowest BCUT2D eigenvalue weighted by Gasteiger charge is -2.23. The number of likely N-dealkylation sites (N-methyl/N-ethyl adjacent to an activating group) is 1. The first-order valence-electron chi connectivity index (χ1n) is 10.0. The van der Waals surface area contributed by atoms with Gasteiger partial charge in [-0.3, -0.25) is 14.5 Å². The maximum atomic E-state index is 12.9. The Labute approximate surface area is 180 Å². The molecule has 1 saturated heterocycles. The van der Waals surface area contributed by atoms with Crippen molar-refractivity contribution in [2.75, 3.05) is 26.7 Å². The maximum Gasteiger partial charge on any atom is 0.325 e. The quantitative estimate of drug-likeness (QED) is 0.519. The van der Waals surface area contributed by atoms with E-state index in [1.165, 1.54) is 29.2 Å². The van der Waals surface area contributed by atoms with Crippen LogP contribution in [0.15, 0.2) is 48.5 Å².